The van der Waals surface area contributed by atoms with Crippen LogP contribution in [0.5, 0.6) is 5.88 Å². The lowest BCUT2D eigenvalue weighted by atomic mass is 10.1. The zero-order valence-corrected chi connectivity index (χ0v) is 12.0. The number of methoxy groups -OCH3 is 1. The van der Waals surface area contributed by atoms with Gasteiger partial charge in [0.1, 0.15) is 23.9 Å². The number of nitrogens with zero attached hydrogens (tertiary/aromatic N) is 5. The fourth-order valence-electron chi connectivity index (χ4n) is 2.49. The summed E-state index contributed by atoms with van der Waals surface area (Å²) in [5.74, 6) is 1.41. The Morgan fingerprint density at radius 1 is 1.33 bits per heavy atom. The van der Waals surface area contributed by atoms with Gasteiger partial charge in [0.25, 0.3) is 0 Å². The van der Waals surface area contributed by atoms with Crippen LogP contribution in [0.15, 0.2) is 18.5 Å². The van der Waals surface area contributed by atoms with Crippen molar-refractivity contribution in [3.8, 4) is 11.9 Å². The smallest absolute Gasteiger partial charge is 0.221 e. The van der Waals surface area contributed by atoms with Crippen molar-refractivity contribution in [1.82, 2.24) is 15.0 Å². The maximum Gasteiger partial charge on any atom is 0.221 e. The van der Waals surface area contributed by atoms with Crippen molar-refractivity contribution in [1.29, 1.82) is 5.26 Å². The molecule has 0 N–H and O–H groups in total. The van der Waals surface area contributed by atoms with Crippen LogP contribution in [0.4, 0.5) is 5.82 Å². The van der Waals surface area contributed by atoms with Crippen LogP contribution in [0.3, 0.4) is 0 Å². The Kier molecular flexibility index (Phi) is 3.40. The van der Waals surface area contributed by atoms with Crippen LogP contribution in [-0.2, 0) is 13.0 Å². The normalized spacial score (nSPS) is 13.5. The van der Waals surface area contributed by atoms with Crippen LogP contribution in [0.25, 0.3) is 0 Å². The molecule has 0 aliphatic carbocycles. The molecular weight excluding hydrogens is 266 g/mol. The van der Waals surface area contributed by atoms with Gasteiger partial charge in [-0.25, -0.2) is 15.0 Å². The lowest BCUT2D eigenvalue weighted by molar-refractivity contribution is 0.387. The molecule has 0 fully saturated rings. The summed E-state index contributed by atoms with van der Waals surface area (Å²) in [4.78, 5) is 15.0. The molecule has 0 aromatic carbocycles. The number of nitriles is 1. The summed E-state index contributed by atoms with van der Waals surface area (Å²) in [7, 11) is 1.61. The molecule has 1 aliphatic rings. The Labute approximate surface area is 123 Å². The number of hydrogen-bond acceptors (Lipinski definition) is 6. The second-order valence-corrected chi connectivity index (χ2v) is 4.93. The SMILES string of the molecule is COc1ncnc2c1CN(c1ccc(C)c(C#N)n1)CC2. The third-order valence-electron chi connectivity index (χ3n) is 3.67. The minimum absolute atomic E-state index is 0.467. The zero-order valence-electron chi connectivity index (χ0n) is 12.0. The van der Waals surface area contributed by atoms with Gasteiger partial charge >= 0.3 is 0 Å². The van der Waals surface area contributed by atoms with Crippen LogP contribution in [0, 0.1) is 18.3 Å². The fourth-order valence-corrected chi connectivity index (χ4v) is 2.49. The van der Waals surface area contributed by atoms with Crippen molar-refractivity contribution < 1.29 is 4.74 Å². The summed E-state index contributed by atoms with van der Waals surface area (Å²) in [6.07, 6.45) is 2.34. The van der Waals surface area contributed by atoms with E-state index in [1.54, 1.807) is 7.11 Å². The minimum Gasteiger partial charge on any atom is -0.481 e. The third-order valence-corrected chi connectivity index (χ3v) is 3.67. The second-order valence-electron chi connectivity index (χ2n) is 4.93. The van der Waals surface area contributed by atoms with Crippen molar-refractivity contribution in [3.05, 3.63) is 41.0 Å². The van der Waals surface area contributed by atoms with Gasteiger partial charge in [0, 0.05) is 13.0 Å². The van der Waals surface area contributed by atoms with E-state index in [1.165, 1.54) is 6.33 Å². The summed E-state index contributed by atoms with van der Waals surface area (Å²) in [6.45, 7) is 3.34. The van der Waals surface area contributed by atoms with Gasteiger partial charge in [-0.3, -0.25) is 0 Å². The first-order valence-electron chi connectivity index (χ1n) is 6.72. The summed E-state index contributed by atoms with van der Waals surface area (Å²) < 4.78 is 5.31. The van der Waals surface area contributed by atoms with Gasteiger partial charge in [0.05, 0.1) is 24.9 Å². The highest BCUT2D eigenvalue weighted by atomic mass is 16.5. The van der Waals surface area contributed by atoms with Crippen molar-refractivity contribution in [2.45, 2.75) is 19.9 Å². The van der Waals surface area contributed by atoms with Crippen molar-refractivity contribution >= 4 is 5.82 Å². The molecule has 3 heterocycles. The van der Waals surface area contributed by atoms with E-state index in [0.717, 1.165) is 35.6 Å². The molecule has 0 amide bonds. The molecule has 21 heavy (non-hydrogen) atoms. The molecule has 0 bridgehead atoms. The lowest BCUT2D eigenvalue weighted by Gasteiger charge is -2.29. The number of rotatable bonds is 2. The molecule has 0 saturated heterocycles. The molecule has 0 saturated carbocycles. The van der Waals surface area contributed by atoms with Gasteiger partial charge in [-0.2, -0.15) is 5.26 Å². The Balaban J connectivity index is 1.95. The lowest BCUT2D eigenvalue weighted by Crippen LogP contribution is -2.32. The van der Waals surface area contributed by atoms with Gasteiger partial charge in [-0.15, -0.1) is 0 Å². The van der Waals surface area contributed by atoms with Crippen molar-refractivity contribution in [2.75, 3.05) is 18.6 Å². The van der Waals surface area contributed by atoms with E-state index in [1.807, 2.05) is 19.1 Å². The van der Waals surface area contributed by atoms with Crippen LogP contribution in [-0.4, -0.2) is 28.6 Å². The highest BCUT2D eigenvalue weighted by Gasteiger charge is 2.22. The average molecular weight is 281 g/mol. The number of pyridine rings is 1. The van der Waals surface area contributed by atoms with E-state index in [4.69, 9.17) is 10.00 Å². The number of aromatic nitrogens is 3. The Hall–Kier alpha value is -2.68. The maximum absolute atomic E-state index is 9.11. The third kappa shape index (κ3) is 2.38. The van der Waals surface area contributed by atoms with Gasteiger partial charge in [-0.05, 0) is 18.6 Å². The van der Waals surface area contributed by atoms with E-state index in [0.29, 0.717) is 18.1 Å². The van der Waals surface area contributed by atoms with Crippen LogP contribution in [0.2, 0.25) is 0 Å². The van der Waals surface area contributed by atoms with Crippen LogP contribution in [0.1, 0.15) is 22.5 Å². The first-order chi connectivity index (χ1) is 10.2. The predicted molar refractivity (Wildman–Crippen MR) is 77.0 cm³/mol. The molecule has 0 spiro atoms. The molecule has 2 aromatic heterocycles. The Bertz CT molecular complexity index is 708. The number of ether oxygens (including phenoxy) is 1. The largest absolute Gasteiger partial charge is 0.481 e. The number of aryl methyl sites for hydroxylation is 1. The molecule has 0 atom stereocenters. The highest BCUT2D eigenvalue weighted by molar-refractivity contribution is 5.48. The maximum atomic E-state index is 9.11. The molecule has 3 rings (SSSR count). The fraction of sp³-hybridized carbons (Fsp3) is 0.333. The molecule has 106 valence electrons. The highest BCUT2D eigenvalue weighted by Crippen LogP contribution is 2.27. The summed E-state index contributed by atoms with van der Waals surface area (Å²) in [5.41, 5.74) is 3.37. The summed E-state index contributed by atoms with van der Waals surface area (Å²) >= 11 is 0. The van der Waals surface area contributed by atoms with E-state index >= 15 is 0 Å². The monoisotopic (exact) mass is 281 g/mol. The molecular formula is C15H15N5O. The molecule has 6 nitrogen and oxygen atoms in total. The van der Waals surface area contributed by atoms with Gasteiger partial charge in [-0.1, -0.05) is 6.07 Å². The summed E-state index contributed by atoms with van der Waals surface area (Å²) in [6, 6.07) is 6.00. The van der Waals surface area contributed by atoms with E-state index < -0.39 is 0 Å². The predicted octanol–water partition coefficient (Wildman–Crippen LogP) is 1.62. The number of hydrogen-bond donors (Lipinski definition) is 0. The van der Waals surface area contributed by atoms with Crippen molar-refractivity contribution in [3.63, 3.8) is 0 Å². The molecule has 2 aromatic rings. The van der Waals surface area contributed by atoms with Gasteiger partial charge in [0.2, 0.25) is 5.88 Å². The first kappa shape index (κ1) is 13.3. The standard InChI is InChI=1S/C15H15N5O/c1-10-3-4-14(19-13(10)7-16)20-6-5-12-11(8-20)15(21-2)18-9-17-12/h3-4,9H,5-6,8H2,1-2H3. The van der Waals surface area contributed by atoms with Gasteiger partial charge < -0.3 is 9.64 Å². The average Bonchev–Trinajstić information content (AvgIpc) is 2.54. The summed E-state index contributed by atoms with van der Waals surface area (Å²) in [5, 5.41) is 9.11. The molecule has 1 aliphatic heterocycles. The van der Waals surface area contributed by atoms with Gasteiger partial charge in [0.15, 0.2) is 0 Å². The zero-order chi connectivity index (χ0) is 14.8. The Morgan fingerprint density at radius 3 is 2.95 bits per heavy atom. The Morgan fingerprint density at radius 2 is 2.19 bits per heavy atom. The first-order valence-corrected chi connectivity index (χ1v) is 6.72. The second kappa shape index (κ2) is 5.37. The number of fused-ring (bicyclic) bond motifs is 1. The van der Waals surface area contributed by atoms with Crippen LogP contribution >= 0.6 is 0 Å². The van der Waals surface area contributed by atoms with Crippen molar-refractivity contribution in [2.24, 2.45) is 0 Å². The van der Waals surface area contributed by atoms with E-state index in [-0.39, 0.29) is 0 Å². The number of anilines is 1. The minimum atomic E-state index is 0.467. The molecule has 6 heteroatoms. The van der Waals surface area contributed by atoms with E-state index in [9.17, 15) is 0 Å². The molecule has 0 unspecified atom stereocenters. The molecule has 0 radical (unpaired) electrons. The van der Waals surface area contributed by atoms with E-state index in [2.05, 4.69) is 25.9 Å². The van der Waals surface area contributed by atoms with Crippen LogP contribution < -0.4 is 9.64 Å². The topological polar surface area (TPSA) is 74.9 Å². The quantitative estimate of drug-likeness (QED) is 0.832.